The minimum atomic E-state index is -0.0115. The van der Waals surface area contributed by atoms with E-state index in [9.17, 15) is 4.79 Å². The number of rotatable bonds is 4. The number of aromatic nitrogens is 1. The van der Waals surface area contributed by atoms with Crippen LogP contribution in [-0.2, 0) is 11.2 Å². The molecule has 1 aromatic rings. The first-order chi connectivity index (χ1) is 6.18. The summed E-state index contributed by atoms with van der Waals surface area (Å²) in [6, 6.07) is 1.69. The monoisotopic (exact) mass is 182 g/mol. The molecular formula is C9H14N2O2. The van der Waals surface area contributed by atoms with Gasteiger partial charge in [0.25, 0.3) is 0 Å². The van der Waals surface area contributed by atoms with Crippen molar-refractivity contribution in [3.05, 3.63) is 18.0 Å². The minimum absolute atomic E-state index is 0.0115. The Morgan fingerprint density at radius 2 is 2.46 bits per heavy atom. The SMILES string of the molecule is CC(C)CNC(=O)Cc1ccon1. The van der Waals surface area contributed by atoms with Crippen LogP contribution in [0.15, 0.2) is 16.9 Å². The summed E-state index contributed by atoms with van der Waals surface area (Å²) < 4.78 is 4.61. The smallest absolute Gasteiger partial charge is 0.226 e. The van der Waals surface area contributed by atoms with Crippen LogP contribution in [-0.4, -0.2) is 17.6 Å². The van der Waals surface area contributed by atoms with Crippen molar-refractivity contribution in [3.63, 3.8) is 0 Å². The Morgan fingerprint density at radius 1 is 1.69 bits per heavy atom. The van der Waals surface area contributed by atoms with Crippen molar-refractivity contribution in [1.29, 1.82) is 0 Å². The van der Waals surface area contributed by atoms with Gasteiger partial charge >= 0.3 is 0 Å². The van der Waals surface area contributed by atoms with E-state index < -0.39 is 0 Å². The zero-order valence-electron chi connectivity index (χ0n) is 7.91. The molecule has 1 amide bonds. The third-order valence-electron chi connectivity index (χ3n) is 1.54. The molecule has 1 N–H and O–H groups in total. The molecule has 0 fully saturated rings. The quantitative estimate of drug-likeness (QED) is 0.755. The molecular weight excluding hydrogens is 168 g/mol. The number of hydrogen-bond acceptors (Lipinski definition) is 3. The fourth-order valence-electron chi connectivity index (χ4n) is 0.874. The van der Waals surface area contributed by atoms with E-state index >= 15 is 0 Å². The summed E-state index contributed by atoms with van der Waals surface area (Å²) in [5.74, 6) is 0.462. The second-order valence-electron chi connectivity index (χ2n) is 3.37. The lowest BCUT2D eigenvalue weighted by Gasteiger charge is -2.05. The van der Waals surface area contributed by atoms with Gasteiger partial charge in [-0.3, -0.25) is 4.79 Å². The number of nitrogens with zero attached hydrogens (tertiary/aromatic N) is 1. The average Bonchev–Trinajstić information content (AvgIpc) is 2.53. The molecule has 0 unspecified atom stereocenters. The van der Waals surface area contributed by atoms with Crippen molar-refractivity contribution in [3.8, 4) is 0 Å². The fraction of sp³-hybridized carbons (Fsp3) is 0.556. The molecule has 0 atom stereocenters. The van der Waals surface area contributed by atoms with Crippen molar-refractivity contribution < 1.29 is 9.32 Å². The van der Waals surface area contributed by atoms with Gasteiger partial charge in [-0.05, 0) is 5.92 Å². The zero-order valence-corrected chi connectivity index (χ0v) is 7.91. The maximum atomic E-state index is 11.2. The van der Waals surface area contributed by atoms with Crippen molar-refractivity contribution in [2.45, 2.75) is 20.3 Å². The standard InChI is InChI=1S/C9H14N2O2/c1-7(2)6-10-9(12)5-8-3-4-13-11-8/h3-4,7H,5-6H2,1-2H3,(H,10,12). The van der Waals surface area contributed by atoms with E-state index in [1.807, 2.05) is 0 Å². The lowest BCUT2D eigenvalue weighted by molar-refractivity contribution is -0.120. The summed E-state index contributed by atoms with van der Waals surface area (Å²) in [4.78, 5) is 11.2. The van der Waals surface area contributed by atoms with Crippen LogP contribution >= 0.6 is 0 Å². The number of hydrogen-bond donors (Lipinski definition) is 1. The highest BCUT2D eigenvalue weighted by Crippen LogP contribution is 1.95. The van der Waals surface area contributed by atoms with Gasteiger partial charge in [0, 0.05) is 12.6 Å². The molecule has 0 saturated heterocycles. The van der Waals surface area contributed by atoms with Gasteiger partial charge in [-0.1, -0.05) is 19.0 Å². The van der Waals surface area contributed by atoms with E-state index in [0.29, 0.717) is 24.6 Å². The van der Waals surface area contributed by atoms with E-state index in [-0.39, 0.29) is 5.91 Å². The molecule has 1 rings (SSSR count). The molecule has 4 heteroatoms. The van der Waals surface area contributed by atoms with Crippen molar-refractivity contribution >= 4 is 5.91 Å². The van der Waals surface area contributed by atoms with Gasteiger partial charge < -0.3 is 9.84 Å². The minimum Gasteiger partial charge on any atom is -0.364 e. The van der Waals surface area contributed by atoms with Crippen LogP contribution in [0.2, 0.25) is 0 Å². The van der Waals surface area contributed by atoms with Gasteiger partial charge in [0.05, 0.1) is 12.1 Å². The first-order valence-electron chi connectivity index (χ1n) is 4.34. The van der Waals surface area contributed by atoms with Gasteiger partial charge in [-0.25, -0.2) is 0 Å². The Hall–Kier alpha value is -1.32. The van der Waals surface area contributed by atoms with Crippen LogP contribution in [0.25, 0.3) is 0 Å². The number of carbonyl (C=O) groups is 1. The van der Waals surface area contributed by atoms with Crippen molar-refractivity contribution in [1.82, 2.24) is 10.5 Å². The normalized spacial score (nSPS) is 10.4. The molecule has 0 aliphatic rings. The largest absolute Gasteiger partial charge is 0.364 e. The first-order valence-corrected chi connectivity index (χ1v) is 4.34. The van der Waals surface area contributed by atoms with Gasteiger partial charge in [0.2, 0.25) is 5.91 Å². The molecule has 0 saturated carbocycles. The lowest BCUT2D eigenvalue weighted by Crippen LogP contribution is -2.28. The fourth-order valence-corrected chi connectivity index (χ4v) is 0.874. The van der Waals surface area contributed by atoms with Crippen LogP contribution in [0.3, 0.4) is 0 Å². The highest BCUT2D eigenvalue weighted by atomic mass is 16.5. The Bertz CT molecular complexity index is 255. The summed E-state index contributed by atoms with van der Waals surface area (Å²) >= 11 is 0. The molecule has 0 radical (unpaired) electrons. The van der Waals surface area contributed by atoms with E-state index in [0.717, 1.165) is 0 Å². The van der Waals surface area contributed by atoms with E-state index in [4.69, 9.17) is 0 Å². The predicted octanol–water partition coefficient (Wildman–Crippen LogP) is 0.989. The highest BCUT2D eigenvalue weighted by Gasteiger charge is 2.05. The lowest BCUT2D eigenvalue weighted by atomic mass is 10.2. The molecule has 0 spiro atoms. The molecule has 72 valence electrons. The molecule has 0 aromatic carbocycles. The Labute approximate surface area is 77.3 Å². The maximum absolute atomic E-state index is 11.2. The van der Waals surface area contributed by atoms with E-state index in [1.165, 1.54) is 6.26 Å². The molecule has 0 aliphatic heterocycles. The Morgan fingerprint density at radius 3 is 3.00 bits per heavy atom. The summed E-state index contributed by atoms with van der Waals surface area (Å²) in [6.07, 6.45) is 1.76. The number of carbonyl (C=O) groups excluding carboxylic acids is 1. The third kappa shape index (κ3) is 3.73. The van der Waals surface area contributed by atoms with E-state index in [2.05, 4.69) is 28.8 Å². The summed E-state index contributed by atoms with van der Waals surface area (Å²) in [5, 5.41) is 6.45. The second-order valence-corrected chi connectivity index (χ2v) is 3.37. The first kappa shape index (κ1) is 9.77. The van der Waals surface area contributed by atoms with E-state index in [1.54, 1.807) is 6.07 Å². The summed E-state index contributed by atoms with van der Waals surface area (Å²) in [6.45, 7) is 4.81. The van der Waals surface area contributed by atoms with Gasteiger partial charge in [-0.2, -0.15) is 0 Å². The molecule has 0 bridgehead atoms. The van der Waals surface area contributed by atoms with Crippen molar-refractivity contribution in [2.24, 2.45) is 5.92 Å². The summed E-state index contributed by atoms with van der Waals surface area (Å²) in [5.41, 5.74) is 0.668. The van der Waals surface area contributed by atoms with Gasteiger partial charge in [0.1, 0.15) is 6.26 Å². The summed E-state index contributed by atoms with van der Waals surface area (Å²) in [7, 11) is 0. The maximum Gasteiger partial charge on any atom is 0.226 e. The molecule has 4 nitrogen and oxygen atoms in total. The van der Waals surface area contributed by atoms with Crippen LogP contribution in [0.5, 0.6) is 0 Å². The highest BCUT2D eigenvalue weighted by molar-refractivity contribution is 5.77. The Kier molecular flexibility index (Phi) is 3.49. The topological polar surface area (TPSA) is 55.1 Å². The molecule has 13 heavy (non-hydrogen) atoms. The predicted molar refractivity (Wildman–Crippen MR) is 48.1 cm³/mol. The molecule has 0 aliphatic carbocycles. The molecule has 1 aromatic heterocycles. The van der Waals surface area contributed by atoms with Gasteiger partial charge in [-0.15, -0.1) is 0 Å². The number of amides is 1. The Balaban J connectivity index is 2.26. The molecule has 1 heterocycles. The second kappa shape index (κ2) is 4.64. The van der Waals surface area contributed by atoms with Crippen LogP contribution in [0.1, 0.15) is 19.5 Å². The number of nitrogens with one attached hydrogen (secondary N) is 1. The zero-order chi connectivity index (χ0) is 9.68. The van der Waals surface area contributed by atoms with Gasteiger partial charge in [0.15, 0.2) is 0 Å². The van der Waals surface area contributed by atoms with Crippen LogP contribution in [0, 0.1) is 5.92 Å². The average molecular weight is 182 g/mol. The third-order valence-corrected chi connectivity index (χ3v) is 1.54. The van der Waals surface area contributed by atoms with Crippen LogP contribution in [0.4, 0.5) is 0 Å². The van der Waals surface area contributed by atoms with Crippen molar-refractivity contribution in [2.75, 3.05) is 6.54 Å². The van der Waals surface area contributed by atoms with Crippen LogP contribution < -0.4 is 5.32 Å².